The Bertz CT molecular complexity index is 431. The third-order valence-corrected chi connectivity index (χ3v) is 2.43. The second-order valence-electron chi connectivity index (χ2n) is 3.60. The maximum atomic E-state index is 11.2. The van der Waals surface area contributed by atoms with Gasteiger partial charge in [0.1, 0.15) is 0 Å². The van der Waals surface area contributed by atoms with Crippen LogP contribution >= 0.6 is 0 Å². The van der Waals surface area contributed by atoms with Gasteiger partial charge in [-0.1, -0.05) is 0 Å². The summed E-state index contributed by atoms with van der Waals surface area (Å²) in [5.41, 5.74) is -1.07. The van der Waals surface area contributed by atoms with Crippen molar-refractivity contribution in [2.24, 2.45) is 5.92 Å². The van der Waals surface area contributed by atoms with Crippen molar-refractivity contribution >= 4 is 5.82 Å². The van der Waals surface area contributed by atoms with E-state index in [2.05, 4.69) is 25.8 Å². The van der Waals surface area contributed by atoms with E-state index in [9.17, 15) is 9.59 Å². The van der Waals surface area contributed by atoms with Gasteiger partial charge < -0.3 is 10.6 Å². The van der Waals surface area contributed by atoms with Gasteiger partial charge in [-0.3, -0.25) is 9.78 Å². The van der Waals surface area contributed by atoms with Crippen LogP contribution in [-0.4, -0.2) is 34.8 Å². The smallest absolute Gasteiger partial charge is 0.342 e. The molecule has 1 atom stereocenters. The molecule has 1 saturated heterocycles. The van der Waals surface area contributed by atoms with Crippen molar-refractivity contribution in [3.8, 4) is 0 Å². The summed E-state index contributed by atoms with van der Waals surface area (Å²) in [6.07, 6.45) is 1.09. The number of aromatic nitrogens is 3. The van der Waals surface area contributed by atoms with E-state index in [1.54, 1.807) is 0 Å². The first-order valence-electron chi connectivity index (χ1n) is 4.89. The van der Waals surface area contributed by atoms with Crippen LogP contribution in [0.3, 0.4) is 0 Å². The van der Waals surface area contributed by atoms with Crippen LogP contribution in [0.25, 0.3) is 0 Å². The minimum Gasteiger partial charge on any atom is -0.364 e. The molecule has 1 unspecified atom stereocenters. The van der Waals surface area contributed by atoms with Crippen LogP contribution in [0.1, 0.15) is 6.42 Å². The van der Waals surface area contributed by atoms with Crippen LogP contribution in [0.5, 0.6) is 0 Å². The monoisotopic (exact) mass is 211 g/mol. The fourth-order valence-corrected chi connectivity index (χ4v) is 1.60. The number of aromatic amines is 2. The van der Waals surface area contributed by atoms with E-state index in [1.807, 2.05) is 0 Å². The first kappa shape index (κ1) is 9.91. The van der Waals surface area contributed by atoms with E-state index >= 15 is 0 Å². The lowest BCUT2D eigenvalue weighted by Gasteiger charge is -2.08. The summed E-state index contributed by atoms with van der Waals surface area (Å²) in [6, 6.07) is 0. The van der Waals surface area contributed by atoms with Crippen LogP contribution in [0, 0.1) is 5.92 Å². The highest BCUT2D eigenvalue weighted by Gasteiger charge is 2.14. The molecule has 2 heterocycles. The molecule has 0 radical (unpaired) electrons. The highest BCUT2D eigenvalue weighted by molar-refractivity contribution is 5.28. The summed E-state index contributed by atoms with van der Waals surface area (Å²) < 4.78 is 0. The molecule has 1 aliphatic heterocycles. The van der Waals surface area contributed by atoms with E-state index in [0.717, 1.165) is 19.5 Å². The maximum absolute atomic E-state index is 11.2. The molecule has 7 heteroatoms. The lowest BCUT2D eigenvalue weighted by atomic mass is 10.1. The number of hydrogen-bond donors (Lipinski definition) is 4. The van der Waals surface area contributed by atoms with Crippen LogP contribution in [0.2, 0.25) is 0 Å². The van der Waals surface area contributed by atoms with Gasteiger partial charge in [-0.2, -0.15) is 0 Å². The van der Waals surface area contributed by atoms with Gasteiger partial charge in [0, 0.05) is 6.54 Å². The molecule has 1 aromatic rings. The Labute approximate surface area is 85.3 Å². The molecular formula is C8H13N5O2. The van der Waals surface area contributed by atoms with E-state index in [-0.39, 0.29) is 5.82 Å². The van der Waals surface area contributed by atoms with Crippen molar-refractivity contribution in [1.29, 1.82) is 0 Å². The molecule has 2 rings (SSSR count). The van der Waals surface area contributed by atoms with E-state index in [4.69, 9.17) is 0 Å². The number of nitrogens with one attached hydrogen (secondary N) is 4. The highest BCUT2D eigenvalue weighted by atomic mass is 16.2. The van der Waals surface area contributed by atoms with Gasteiger partial charge in [-0.15, -0.1) is 5.10 Å². The second kappa shape index (κ2) is 4.26. The molecule has 1 fully saturated rings. The van der Waals surface area contributed by atoms with Crippen molar-refractivity contribution in [3.63, 3.8) is 0 Å². The minimum atomic E-state index is -0.590. The topological polar surface area (TPSA) is 103 Å². The highest BCUT2D eigenvalue weighted by Crippen LogP contribution is 2.06. The third-order valence-electron chi connectivity index (χ3n) is 2.43. The SMILES string of the molecule is O=c1[nH]nc(NCC2CCNC2)c(=O)[nH]1. The Morgan fingerprint density at radius 3 is 3.00 bits per heavy atom. The molecule has 0 saturated carbocycles. The summed E-state index contributed by atoms with van der Waals surface area (Å²) in [4.78, 5) is 24.0. The Hall–Kier alpha value is -1.63. The minimum absolute atomic E-state index is 0.168. The number of hydrogen-bond acceptors (Lipinski definition) is 5. The van der Waals surface area contributed by atoms with E-state index < -0.39 is 11.2 Å². The molecule has 7 nitrogen and oxygen atoms in total. The summed E-state index contributed by atoms with van der Waals surface area (Å²) in [5, 5.41) is 11.9. The third kappa shape index (κ3) is 2.44. The standard InChI is InChI=1S/C8H13N5O2/c14-7-6(12-13-8(15)11-7)10-4-5-1-2-9-3-5/h5,9H,1-4H2,(H,10,12)(H2,11,13,14,15). The van der Waals surface area contributed by atoms with Gasteiger partial charge in [-0.05, 0) is 25.4 Å². The molecule has 0 amide bonds. The molecule has 0 bridgehead atoms. The van der Waals surface area contributed by atoms with E-state index in [0.29, 0.717) is 12.5 Å². The molecule has 0 aromatic carbocycles. The average Bonchev–Trinajstić information content (AvgIpc) is 2.69. The van der Waals surface area contributed by atoms with Crippen molar-refractivity contribution in [1.82, 2.24) is 20.5 Å². The number of rotatable bonds is 3. The van der Waals surface area contributed by atoms with Crippen LogP contribution in [0.4, 0.5) is 5.82 Å². The number of anilines is 1. The first-order chi connectivity index (χ1) is 7.25. The molecule has 1 aliphatic rings. The van der Waals surface area contributed by atoms with Crippen molar-refractivity contribution in [2.45, 2.75) is 6.42 Å². The second-order valence-corrected chi connectivity index (χ2v) is 3.60. The lowest BCUT2D eigenvalue weighted by molar-refractivity contribution is 0.612. The average molecular weight is 211 g/mol. The van der Waals surface area contributed by atoms with Crippen LogP contribution < -0.4 is 21.9 Å². The number of nitrogens with zero attached hydrogens (tertiary/aromatic N) is 1. The normalized spacial score (nSPS) is 20.4. The summed E-state index contributed by atoms with van der Waals surface area (Å²) in [5.74, 6) is 0.680. The molecule has 1 aromatic heterocycles. The molecule has 4 N–H and O–H groups in total. The summed E-state index contributed by atoms with van der Waals surface area (Å²) in [7, 11) is 0. The molecule has 82 valence electrons. The zero-order chi connectivity index (χ0) is 10.7. The molecule has 15 heavy (non-hydrogen) atoms. The fourth-order valence-electron chi connectivity index (χ4n) is 1.60. The molecular weight excluding hydrogens is 198 g/mol. The zero-order valence-corrected chi connectivity index (χ0v) is 8.17. The predicted molar refractivity (Wildman–Crippen MR) is 54.9 cm³/mol. The van der Waals surface area contributed by atoms with E-state index in [1.165, 1.54) is 0 Å². The Morgan fingerprint density at radius 2 is 2.33 bits per heavy atom. The predicted octanol–water partition coefficient (Wildman–Crippen LogP) is -1.52. The van der Waals surface area contributed by atoms with Gasteiger partial charge in [0.15, 0.2) is 0 Å². The van der Waals surface area contributed by atoms with Crippen LogP contribution in [0.15, 0.2) is 9.59 Å². The summed E-state index contributed by atoms with van der Waals surface area (Å²) in [6.45, 7) is 2.66. The molecule has 0 aliphatic carbocycles. The van der Waals surface area contributed by atoms with Gasteiger partial charge in [-0.25, -0.2) is 9.89 Å². The lowest BCUT2D eigenvalue weighted by Crippen LogP contribution is -2.28. The van der Waals surface area contributed by atoms with Crippen molar-refractivity contribution in [2.75, 3.05) is 25.0 Å². The quantitative estimate of drug-likeness (QED) is 0.486. The first-order valence-corrected chi connectivity index (χ1v) is 4.89. The van der Waals surface area contributed by atoms with Gasteiger partial charge >= 0.3 is 5.69 Å². The Balaban J connectivity index is 1.98. The van der Waals surface area contributed by atoms with Gasteiger partial charge in [0.2, 0.25) is 5.82 Å². The van der Waals surface area contributed by atoms with Gasteiger partial charge in [0.25, 0.3) is 5.56 Å². The Morgan fingerprint density at radius 1 is 1.47 bits per heavy atom. The summed E-state index contributed by atoms with van der Waals surface area (Å²) >= 11 is 0. The largest absolute Gasteiger partial charge is 0.364 e. The maximum Gasteiger partial charge on any atom is 0.342 e. The number of H-pyrrole nitrogens is 2. The van der Waals surface area contributed by atoms with Gasteiger partial charge in [0.05, 0.1) is 0 Å². The van der Waals surface area contributed by atoms with Crippen molar-refractivity contribution in [3.05, 3.63) is 20.8 Å². The van der Waals surface area contributed by atoms with Crippen molar-refractivity contribution < 1.29 is 0 Å². The Kier molecular flexibility index (Phi) is 2.82. The zero-order valence-electron chi connectivity index (χ0n) is 8.17. The van der Waals surface area contributed by atoms with Crippen LogP contribution in [-0.2, 0) is 0 Å². The molecule has 0 spiro atoms. The fraction of sp³-hybridized carbons (Fsp3) is 0.625.